The molecule has 0 heterocycles. The summed E-state index contributed by atoms with van der Waals surface area (Å²) in [5, 5.41) is 19.3. The van der Waals surface area contributed by atoms with Crippen molar-refractivity contribution in [3.63, 3.8) is 0 Å². The summed E-state index contributed by atoms with van der Waals surface area (Å²) in [7, 11) is 0. The Hall–Kier alpha value is -1.45. The van der Waals surface area contributed by atoms with Gasteiger partial charge in [0.2, 0.25) is 0 Å². The highest BCUT2D eigenvalue weighted by Crippen LogP contribution is 2.28. The fraction of sp³-hybridized carbons (Fsp3) is 0.591. The van der Waals surface area contributed by atoms with Crippen LogP contribution in [0, 0.1) is 11.8 Å². The van der Waals surface area contributed by atoms with Crippen LogP contribution >= 0.6 is 0 Å². The molecule has 25 heavy (non-hydrogen) atoms. The normalized spacial score (nSPS) is 22.9. The quantitative estimate of drug-likeness (QED) is 0.381. The molecule has 1 aliphatic rings. The van der Waals surface area contributed by atoms with Crippen LogP contribution in [0.3, 0.4) is 0 Å². The first-order valence-electron chi connectivity index (χ1n) is 9.57. The van der Waals surface area contributed by atoms with Crippen LogP contribution < -0.4 is 0 Å². The molecule has 0 aromatic heterocycles. The summed E-state index contributed by atoms with van der Waals surface area (Å²) in [6.45, 7) is 6.10. The van der Waals surface area contributed by atoms with Crippen molar-refractivity contribution in [3.05, 3.63) is 49.1 Å². The second-order valence-electron chi connectivity index (χ2n) is 6.92. The van der Waals surface area contributed by atoms with Crippen LogP contribution in [0.2, 0.25) is 0 Å². The van der Waals surface area contributed by atoms with E-state index in [0.717, 1.165) is 44.9 Å². The molecule has 2 N–H and O–H groups in total. The predicted octanol–water partition coefficient (Wildman–Crippen LogP) is 4.52. The molecule has 0 radical (unpaired) electrons. The lowest BCUT2D eigenvalue weighted by atomic mass is 9.88. The fourth-order valence-corrected chi connectivity index (χ4v) is 3.06. The van der Waals surface area contributed by atoms with Crippen LogP contribution in [0.25, 0.3) is 0 Å². The van der Waals surface area contributed by atoms with E-state index in [0.29, 0.717) is 6.42 Å². The second-order valence-corrected chi connectivity index (χ2v) is 6.92. The molecule has 140 valence electrons. The third-order valence-corrected chi connectivity index (χ3v) is 4.82. The summed E-state index contributed by atoms with van der Waals surface area (Å²) in [6.07, 6.45) is 20.3. The first-order chi connectivity index (χ1) is 12.1. The van der Waals surface area contributed by atoms with E-state index in [1.807, 2.05) is 18.2 Å². The number of aliphatic hydroxyl groups excluding tert-OH is 1. The van der Waals surface area contributed by atoms with E-state index in [1.54, 1.807) is 12.2 Å². The maximum atomic E-state index is 12.1. The first-order valence-corrected chi connectivity index (χ1v) is 9.57. The first kappa shape index (κ1) is 21.6. The van der Waals surface area contributed by atoms with Gasteiger partial charge in [-0.25, -0.2) is 0 Å². The van der Waals surface area contributed by atoms with Gasteiger partial charge in [-0.1, -0.05) is 56.2 Å². The average molecular weight is 347 g/mol. The Morgan fingerprint density at radius 3 is 2.72 bits per heavy atom. The zero-order valence-corrected chi connectivity index (χ0v) is 15.6. The van der Waals surface area contributed by atoms with Crippen molar-refractivity contribution >= 4 is 5.78 Å². The number of unbranched alkanes of at least 4 members (excludes halogenated alkanes) is 3. The molecule has 3 atom stereocenters. The topological polar surface area (TPSA) is 57.5 Å². The Morgan fingerprint density at radius 1 is 1.24 bits per heavy atom. The molecule has 3 heteroatoms. The Bertz CT molecular complexity index is 490. The minimum atomic E-state index is -0.846. The smallest absolute Gasteiger partial charge is 0.159 e. The molecular weight excluding hydrogens is 312 g/mol. The molecule has 3 nitrogen and oxygen atoms in total. The standard InChI is InChI=1S/C22H34O3/c1-3-5-16-22(25,4-2)17-11-12-19-14-15-21(24)20(19)13-9-7-6-8-10-18-23/h4,7,9,11-12,14-15,19-20,23,25H,2-3,5-6,8,10,13,16-18H2,1H3/b9-7-,12-11?/t19-,20+,22?/m0/s1. The molecule has 0 fully saturated rings. The van der Waals surface area contributed by atoms with Crippen LogP contribution in [0.15, 0.2) is 49.1 Å². The van der Waals surface area contributed by atoms with Gasteiger partial charge in [0.1, 0.15) is 0 Å². The van der Waals surface area contributed by atoms with E-state index in [9.17, 15) is 9.90 Å². The van der Waals surface area contributed by atoms with Gasteiger partial charge in [0, 0.05) is 18.4 Å². The predicted molar refractivity (Wildman–Crippen MR) is 104 cm³/mol. The van der Waals surface area contributed by atoms with Gasteiger partial charge < -0.3 is 10.2 Å². The van der Waals surface area contributed by atoms with Crippen molar-refractivity contribution < 1.29 is 15.0 Å². The molecule has 0 aromatic carbocycles. The molecule has 1 aliphatic carbocycles. The van der Waals surface area contributed by atoms with Crippen molar-refractivity contribution in [2.45, 2.75) is 63.9 Å². The van der Waals surface area contributed by atoms with Gasteiger partial charge in [-0.05, 0) is 44.6 Å². The number of hydrogen-bond donors (Lipinski definition) is 2. The van der Waals surface area contributed by atoms with E-state index in [4.69, 9.17) is 5.11 Å². The highest BCUT2D eigenvalue weighted by molar-refractivity contribution is 5.95. The van der Waals surface area contributed by atoms with Crippen molar-refractivity contribution in [1.29, 1.82) is 0 Å². The van der Waals surface area contributed by atoms with Gasteiger partial charge >= 0.3 is 0 Å². The molecule has 0 aliphatic heterocycles. The summed E-state index contributed by atoms with van der Waals surface area (Å²) in [4.78, 5) is 12.1. The summed E-state index contributed by atoms with van der Waals surface area (Å²) in [5.74, 6) is 0.257. The average Bonchev–Trinajstić information content (AvgIpc) is 2.96. The zero-order valence-electron chi connectivity index (χ0n) is 15.6. The van der Waals surface area contributed by atoms with Gasteiger partial charge in [0.15, 0.2) is 5.78 Å². The Balaban J connectivity index is 2.50. The highest BCUT2D eigenvalue weighted by Gasteiger charge is 2.27. The van der Waals surface area contributed by atoms with E-state index in [2.05, 4.69) is 25.7 Å². The summed E-state index contributed by atoms with van der Waals surface area (Å²) in [5.41, 5.74) is -0.846. The Morgan fingerprint density at radius 2 is 2.04 bits per heavy atom. The largest absolute Gasteiger partial charge is 0.396 e. The zero-order chi connectivity index (χ0) is 18.5. The lowest BCUT2D eigenvalue weighted by Crippen LogP contribution is -2.24. The van der Waals surface area contributed by atoms with Gasteiger partial charge in [-0.2, -0.15) is 0 Å². The monoisotopic (exact) mass is 346 g/mol. The number of aliphatic hydroxyl groups is 2. The number of carbonyl (C=O) groups excluding carboxylic acids is 1. The number of carbonyl (C=O) groups is 1. The van der Waals surface area contributed by atoms with Crippen molar-refractivity contribution in [2.24, 2.45) is 11.8 Å². The molecule has 1 unspecified atom stereocenters. The SMILES string of the molecule is C=CC(O)(CC=C[C@H]1C=CC(=O)[C@@H]1C/C=C\CCCCO)CCCC. The van der Waals surface area contributed by atoms with E-state index in [-0.39, 0.29) is 24.2 Å². The lowest BCUT2D eigenvalue weighted by molar-refractivity contribution is -0.117. The maximum absolute atomic E-state index is 12.1. The van der Waals surface area contributed by atoms with Gasteiger partial charge in [-0.15, -0.1) is 6.58 Å². The fourth-order valence-electron chi connectivity index (χ4n) is 3.06. The van der Waals surface area contributed by atoms with E-state index >= 15 is 0 Å². The number of allylic oxidation sites excluding steroid dienone is 5. The summed E-state index contributed by atoms with van der Waals surface area (Å²) < 4.78 is 0. The summed E-state index contributed by atoms with van der Waals surface area (Å²) >= 11 is 0. The summed E-state index contributed by atoms with van der Waals surface area (Å²) in [6, 6.07) is 0. The number of rotatable bonds is 13. The van der Waals surface area contributed by atoms with E-state index < -0.39 is 5.60 Å². The van der Waals surface area contributed by atoms with Crippen molar-refractivity contribution in [1.82, 2.24) is 0 Å². The second kappa shape index (κ2) is 12.0. The minimum absolute atomic E-state index is 0.0298. The molecule has 0 bridgehead atoms. The molecule has 0 spiro atoms. The molecule has 1 rings (SSSR count). The van der Waals surface area contributed by atoms with Crippen molar-refractivity contribution in [3.8, 4) is 0 Å². The van der Waals surface area contributed by atoms with Crippen LogP contribution in [0.5, 0.6) is 0 Å². The van der Waals surface area contributed by atoms with Gasteiger partial charge in [-0.3, -0.25) is 4.79 Å². The van der Waals surface area contributed by atoms with Crippen LogP contribution in [0.4, 0.5) is 0 Å². The van der Waals surface area contributed by atoms with Gasteiger partial charge in [0.05, 0.1) is 5.60 Å². The molecule has 0 amide bonds. The number of hydrogen-bond acceptors (Lipinski definition) is 3. The molecule has 0 saturated carbocycles. The third kappa shape index (κ3) is 7.98. The van der Waals surface area contributed by atoms with Crippen LogP contribution in [-0.4, -0.2) is 28.2 Å². The van der Waals surface area contributed by atoms with Crippen molar-refractivity contribution in [2.75, 3.05) is 6.61 Å². The molecular formula is C22H34O3. The van der Waals surface area contributed by atoms with Crippen LogP contribution in [-0.2, 0) is 4.79 Å². The Labute approximate surface area is 152 Å². The molecule has 0 aromatic rings. The number of ketones is 1. The third-order valence-electron chi connectivity index (χ3n) is 4.82. The van der Waals surface area contributed by atoms with E-state index in [1.165, 1.54) is 0 Å². The Kier molecular flexibility index (Phi) is 10.4. The van der Waals surface area contributed by atoms with Crippen LogP contribution in [0.1, 0.15) is 58.3 Å². The lowest BCUT2D eigenvalue weighted by Gasteiger charge is -2.22. The maximum Gasteiger partial charge on any atom is 0.159 e. The highest BCUT2D eigenvalue weighted by atomic mass is 16.3. The minimum Gasteiger partial charge on any atom is -0.396 e. The molecule has 0 saturated heterocycles. The van der Waals surface area contributed by atoms with Gasteiger partial charge in [0.25, 0.3) is 0 Å².